The SMILES string of the molecule is Nc1cncc(C(=O)NCc2ccc(Cl)cc2)c1. The Morgan fingerprint density at radius 3 is 2.67 bits per heavy atom. The average Bonchev–Trinajstić information content (AvgIpc) is 2.38. The minimum atomic E-state index is -0.204. The molecule has 0 unspecified atom stereocenters. The number of hydrogen-bond acceptors (Lipinski definition) is 3. The molecule has 0 aliphatic rings. The number of nitrogens with two attached hydrogens (primary N) is 1. The van der Waals surface area contributed by atoms with Crippen molar-refractivity contribution in [2.45, 2.75) is 6.54 Å². The van der Waals surface area contributed by atoms with Crippen molar-refractivity contribution in [1.82, 2.24) is 10.3 Å². The van der Waals surface area contributed by atoms with E-state index in [0.717, 1.165) is 5.56 Å². The third-order valence-corrected chi connectivity index (χ3v) is 2.64. The van der Waals surface area contributed by atoms with Crippen LogP contribution in [0.5, 0.6) is 0 Å². The third kappa shape index (κ3) is 3.21. The lowest BCUT2D eigenvalue weighted by Gasteiger charge is -2.05. The number of benzene rings is 1. The zero-order valence-corrected chi connectivity index (χ0v) is 10.3. The molecule has 0 bridgehead atoms. The normalized spacial score (nSPS) is 10.1. The number of halogens is 1. The predicted octanol–water partition coefficient (Wildman–Crippen LogP) is 2.25. The van der Waals surface area contributed by atoms with Crippen molar-refractivity contribution in [3.05, 3.63) is 58.9 Å². The quantitative estimate of drug-likeness (QED) is 0.890. The molecule has 5 heteroatoms. The van der Waals surface area contributed by atoms with Crippen molar-refractivity contribution in [1.29, 1.82) is 0 Å². The van der Waals surface area contributed by atoms with Gasteiger partial charge >= 0.3 is 0 Å². The van der Waals surface area contributed by atoms with Gasteiger partial charge in [-0.1, -0.05) is 23.7 Å². The van der Waals surface area contributed by atoms with Crippen molar-refractivity contribution in [2.75, 3.05) is 5.73 Å². The largest absolute Gasteiger partial charge is 0.397 e. The highest BCUT2D eigenvalue weighted by atomic mass is 35.5. The lowest BCUT2D eigenvalue weighted by Crippen LogP contribution is -2.23. The Labute approximate surface area is 110 Å². The summed E-state index contributed by atoms with van der Waals surface area (Å²) in [4.78, 5) is 15.7. The van der Waals surface area contributed by atoms with Crippen LogP contribution in [0.25, 0.3) is 0 Å². The first-order valence-electron chi connectivity index (χ1n) is 5.38. The molecule has 4 nitrogen and oxygen atoms in total. The third-order valence-electron chi connectivity index (χ3n) is 2.39. The second-order valence-corrected chi connectivity index (χ2v) is 4.25. The van der Waals surface area contributed by atoms with Gasteiger partial charge in [0.25, 0.3) is 5.91 Å². The Morgan fingerprint density at radius 1 is 1.28 bits per heavy atom. The molecule has 3 N–H and O–H groups in total. The number of pyridine rings is 1. The van der Waals surface area contributed by atoms with Crippen LogP contribution in [0.4, 0.5) is 5.69 Å². The van der Waals surface area contributed by atoms with Crippen LogP contribution >= 0.6 is 11.6 Å². The van der Waals surface area contributed by atoms with Gasteiger partial charge in [0.05, 0.1) is 11.3 Å². The summed E-state index contributed by atoms with van der Waals surface area (Å²) in [7, 11) is 0. The summed E-state index contributed by atoms with van der Waals surface area (Å²) in [6.45, 7) is 0.435. The molecule has 0 aliphatic carbocycles. The Hall–Kier alpha value is -2.07. The first-order chi connectivity index (χ1) is 8.65. The van der Waals surface area contributed by atoms with E-state index < -0.39 is 0 Å². The van der Waals surface area contributed by atoms with E-state index in [0.29, 0.717) is 22.8 Å². The van der Waals surface area contributed by atoms with Crippen LogP contribution in [-0.2, 0) is 6.54 Å². The van der Waals surface area contributed by atoms with E-state index in [1.807, 2.05) is 12.1 Å². The molecule has 0 atom stereocenters. The molecule has 18 heavy (non-hydrogen) atoms. The highest BCUT2D eigenvalue weighted by Crippen LogP contribution is 2.09. The predicted molar refractivity (Wildman–Crippen MR) is 71.3 cm³/mol. The van der Waals surface area contributed by atoms with E-state index in [1.165, 1.54) is 12.4 Å². The van der Waals surface area contributed by atoms with Gasteiger partial charge in [-0.05, 0) is 23.8 Å². The van der Waals surface area contributed by atoms with Crippen molar-refractivity contribution < 1.29 is 4.79 Å². The maximum atomic E-state index is 11.8. The first kappa shape index (κ1) is 12.4. The molecule has 0 saturated carbocycles. The smallest absolute Gasteiger partial charge is 0.253 e. The Morgan fingerprint density at radius 2 is 2.00 bits per heavy atom. The number of rotatable bonds is 3. The highest BCUT2D eigenvalue weighted by Gasteiger charge is 2.05. The topological polar surface area (TPSA) is 68.0 Å². The maximum Gasteiger partial charge on any atom is 0.253 e. The molecular weight excluding hydrogens is 250 g/mol. The maximum absolute atomic E-state index is 11.8. The number of carbonyl (C=O) groups excluding carboxylic acids is 1. The lowest BCUT2D eigenvalue weighted by atomic mass is 10.2. The molecule has 2 aromatic rings. The van der Waals surface area contributed by atoms with Crippen LogP contribution in [0.15, 0.2) is 42.7 Å². The fourth-order valence-electron chi connectivity index (χ4n) is 1.47. The summed E-state index contributed by atoms with van der Waals surface area (Å²) in [6.07, 6.45) is 2.98. The van der Waals surface area contributed by atoms with E-state index in [-0.39, 0.29) is 5.91 Å². The van der Waals surface area contributed by atoms with E-state index in [4.69, 9.17) is 17.3 Å². The van der Waals surface area contributed by atoms with Gasteiger partial charge in [-0.25, -0.2) is 0 Å². The molecule has 1 aromatic heterocycles. The fourth-order valence-corrected chi connectivity index (χ4v) is 1.59. The second kappa shape index (κ2) is 5.51. The van der Waals surface area contributed by atoms with Crippen LogP contribution in [0.2, 0.25) is 5.02 Å². The number of hydrogen-bond donors (Lipinski definition) is 2. The molecule has 0 radical (unpaired) electrons. The Kier molecular flexibility index (Phi) is 3.79. The Bertz CT molecular complexity index is 554. The summed E-state index contributed by atoms with van der Waals surface area (Å²) in [5.74, 6) is -0.204. The minimum absolute atomic E-state index is 0.204. The van der Waals surface area contributed by atoms with Crippen molar-refractivity contribution in [3.8, 4) is 0 Å². The highest BCUT2D eigenvalue weighted by molar-refractivity contribution is 6.30. The summed E-state index contributed by atoms with van der Waals surface area (Å²) in [5.41, 5.74) is 7.45. The van der Waals surface area contributed by atoms with Crippen molar-refractivity contribution in [3.63, 3.8) is 0 Å². The van der Waals surface area contributed by atoms with Crippen LogP contribution in [0.3, 0.4) is 0 Å². The van der Waals surface area contributed by atoms with Crippen molar-refractivity contribution in [2.24, 2.45) is 0 Å². The van der Waals surface area contributed by atoms with E-state index >= 15 is 0 Å². The monoisotopic (exact) mass is 261 g/mol. The van der Waals surface area contributed by atoms with Gasteiger partial charge in [0.15, 0.2) is 0 Å². The number of amides is 1. The van der Waals surface area contributed by atoms with Gasteiger partial charge in [0.1, 0.15) is 0 Å². The zero-order chi connectivity index (χ0) is 13.0. The molecule has 0 saturated heterocycles. The molecule has 0 fully saturated rings. The summed E-state index contributed by atoms with van der Waals surface area (Å²) >= 11 is 5.78. The van der Waals surface area contributed by atoms with E-state index in [2.05, 4.69) is 10.3 Å². The second-order valence-electron chi connectivity index (χ2n) is 3.82. The van der Waals surface area contributed by atoms with Crippen LogP contribution in [-0.4, -0.2) is 10.9 Å². The molecule has 1 amide bonds. The molecule has 1 aromatic carbocycles. The number of aromatic nitrogens is 1. The zero-order valence-electron chi connectivity index (χ0n) is 9.56. The number of nitrogen functional groups attached to an aromatic ring is 1. The molecular formula is C13H12ClN3O. The fraction of sp³-hybridized carbons (Fsp3) is 0.0769. The van der Waals surface area contributed by atoms with Gasteiger partial charge in [0.2, 0.25) is 0 Å². The van der Waals surface area contributed by atoms with Gasteiger partial charge in [-0.3, -0.25) is 9.78 Å². The Balaban J connectivity index is 1.98. The van der Waals surface area contributed by atoms with Crippen LogP contribution in [0.1, 0.15) is 15.9 Å². The van der Waals surface area contributed by atoms with Gasteiger partial charge in [-0.2, -0.15) is 0 Å². The van der Waals surface area contributed by atoms with Crippen LogP contribution in [0, 0.1) is 0 Å². The molecule has 0 spiro atoms. The average molecular weight is 262 g/mol. The molecule has 1 heterocycles. The van der Waals surface area contributed by atoms with Gasteiger partial charge in [0, 0.05) is 24.0 Å². The van der Waals surface area contributed by atoms with Gasteiger partial charge in [-0.15, -0.1) is 0 Å². The van der Waals surface area contributed by atoms with E-state index in [1.54, 1.807) is 18.2 Å². The van der Waals surface area contributed by atoms with E-state index in [9.17, 15) is 4.79 Å². The van der Waals surface area contributed by atoms with Crippen LogP contribution < -0.4 is 11.1 Å². The number of nitrogens with zero attached hydrogens (tertiary/aromatic N) is 1. The van der Waals surface area contributed by atoms with Gasteiger partial charge < -0.3 is 11.1 Å². The lowest BCUT2D eigenvalue weighted by molar-refractivity contribution is 0.0950. The number of anilines is 1. The standard InChI is InChI=1S/C13H12ClN3O/c14-11-3-1-9(2-4-11)6-17-13(18)10-5-12(15)8-16-7-10/h1-5,7-8H,6,15H2,(H,17,18). The summed E-state index contributed by atoms with van der Waals surface area (Å²) in [5, 5.41) is 3.46. The molecule has 2 rings (SSSR count). The number of carbonyl (C=O) groups is 1. The summed E-state index contributed by atoms with van der Waals surface area (Å²) < 4.78 is 0. The molecule has 0 aliphatic heterocycles. The first-order valence-corrected chi connectivity index (χ1v) is 5.76. The van der Waals surface area contributed by atoms with Crippen molar-refractivity contribution >= 4 is 23.2 Å². The summed E-state index contributed by atoms with van der Waals surface area (Å²) in [6, 6.07) is 8.88. The number of nitrogens with one attached hydrogen (secondary N) is 1. The minimum Gasteiger partial charge on any atom is -0.397 e. The molecule has 92 valence electrons.